The van der Waals surface area contributed by atoms with E-state index in [1.54, 1.807) is 0 Å². The molecule has 2 fully saturated rings. The third kappa shape index (κ3) is 4.68. The smallest absolute Gasteiger partial charge is 0.407 e. The molecule has 0 aromatic heterocycles. The van der Waals surface area contributed by atoms with Crippen molar-refractivity contribution in [3.63, 3.8) is 0 Å². The van der Waals surface area contributed by atoms with E-state index in [9.17, 15) is 9.90 Å². The summed E-state index contributed by atoms with van der Waals surface area (Å²) >= 11 is 0. The van der Waals surface area contributed by atoms with Crippen molar-refractivity contribution < 1.29 is 19.4 Å². The summed E-state index contributed by atoms with van der Waals surface area (Å²) in [5.74, 6) is 0.731. The van der Waals surface area contributed by atoms with Gasteiger partial charge in [-0.3, -0.25) is 4.90 Å². The van der Waals surface area contributed by atoms with Gasteiger partial charge in [0, 0.05) is 6.42 Å². The lowest BCUT2D eigenvalue weighted by Gasteiger charge is -2.32. The van der Waals surface area contributed by atoms with Crippen LogP contribution in [0.3, 0.4) is 0 Å². The molecule has 0 radical (unpaired) electrons. The largest absolute Gasteiger partial charge is 0.488 e. The van der Waals surface area contributed by atoms with Crippen LogP contribution < -0.4 is 10.1 Å². The molecule has 0 spiro atoms. The van der Waals surface area contributed by atoms with Crippen LogP contribution in [0.1, 0.15) is 40.0 Å². The van der Waals surface area contributed by atoms with Gasteiger partial charge in [-0.25, -0.2) is 4.79 Å². The van der Waals surface area contributed by atoms with E-state index in [4.69, 9.17) is 9.47 Å². The number of rotatable bonds is 4. The summed E-state index contributed by atoms with van der Waals surface area (Å²) in [6, 6.07) is 9.15. The Morgan fingerprint density at radius 1 is 1.19 bits per heavy atom. The third-order valence-electron chi connectivity index (χ3n) is 4.92. The van der Waals surface area contributed by atoms with Gasteiger partial charge in [-0.2, -0.15) is 0 Å². The quantitative estimate of drug-likeness (QED) is 0.861. The molecule has 6 heteroatoms. The Morgan fingerprint density at radius 2 is 1.85 bits per heavy atom. The third-order valence-corrected chi connectivity index (χ3v) is 4.92. The Bertz CT molecular complexity index is 596. The first-order chi connectivity index (χ1) is 12.3. The van der Waals surface area contributed by atoms with Crippen molar-refractivity contribution in [2.45, 2.75) is 69.9 Å². The summed E-state index contributed by atoms with van der Waals surface area (Å²) in [4.78, 5) is 14.5. The molecule has 1 amide bonds. The van der Waals surface area contributed by atoms with Crippen LogP contribution in [0.25, 0.3) is 0 Å². The summed E-state index contributed by atoms with van der Waals surface area (Å²) in [5, 5.41) is 13.9. The van der Waals surface area contributed by atoms with Crippen LogP contribution in [0.5, 0.6) is 5.75 Å². The minimum Gasteiger partial charge on any atom is -0.488 e. The number of aliphatic hydroxyl groups excluding tert-OH is 1. The zero-order valence-electron chi connectivity index (χ0n) is 15.9. The first kappa shape index (κ1) is 19.0. The van der Waals surface area contributed by atoms with Gasteiger partial charge in [-0.05, 0) is 58.8 Å². The van der Waals surface area contributed by atoms with Crippen molar-refractivity contribution in [2.24, 2.45) is 0 Å². The van der Waals surface area contributed by atoms with Crippen LogP contribution in [0.4, 0.5) is 4.79 Å². The van der Waals surface area contributed by atoms with Crippen molar-refractivity contribution >= 4 is 6.09 Å². The number of likely N-dealkylation sites (tertiary alicyclic amines) is 1. The maximum atomic E-state index is 12.3. The van der Waals surface area contributed by atoms with Crippen LogP contribution in [0.15, 0.2) is 30.3 Å². The van der Waals surface area contributed by atoms with Crippen molar-refractivity contribution in [1.82, 2.24) is 10.2 Å². The number of hydrogen-bond acceptors (Lipinski definition) is 5. The van der Waals surface area contributed by atoms with Crippen LogP contribution >= 0.6 is 0 Å². The van der Waals surface area contributed by atoms with Gasteiger partial charge in [0.05, 0.1) is 12.1 Å². The Morgan fingerprint density at radius 3 is 2.46 bits per heavy atom. The van der Waals surface area contributed by atoms with Crippen molar-refractivity contribution in [2.75, 3.05) is 13.1 Å². The van der Waals surface area contributed by atoms with Crippen LogP contribution in [0.2, 0.25) is 0 Å². The zero-order chi connectivity index (χ0) is 18.7. The van der Waals surface area contributed by atoms with Crippen LogP contribution in [0, 0.1) is 0 Å². The normalized spacial score (nSPS) is 29.5. The molecular formula is C20H30N2O4. The second kappa shape index (κ2) is 7.84. The van der Waals surface area contributed by atoms with E-state index in [0.717, 1.165) is 31.7 Å². The maximum absolute atomic E-state index is 12.3. The van der Waals surface area contributed by atoms with Gasteiger partial charge < -0.3 is 19.9 Å². The van der Waals surface area contributed by atoms with Gasteiger partial charge in [0.1, 0.15) is 23.6 Å². The number of alkyl carbamates (subject to hydrolysis) is 1. The molecule has 1 aliphatic carbocycles. The van der Waals surface area contributed by atoms with Crippen LogP contribution in [-0.2, 0) is 4.74 Å². The number of para-hydroxylation sites is 1. The SMILES string of the molecule is CC(C)(C)OC(=O)N[C@H]1C[C@H](Oc2ccccc2)[C@@H](O)[C@@H]1N1CCCC1. The lowest BCUT2D eigenvalue weighted by atomic mass is 10.1. The molecule has 0 unspecified atom stereocenters. The fraction of sp³-hybridized carbons (Fsp3) is 0.650. The first-order valence-electron chi connectivity index (χ1n) is 9.47. The fourth-order valence-electron chi connectivity index (χ4n) is 3.89. The molecule has 1 saturated carbocycles. The second-order valence-corrected chi connectivity index (χ2v) is 8.18. The Hall–Kier alpha value is -1.79. The van der Waals surface area contributed by atoms with E-state index in [1.165, 1.54) is 0 Å². The molecule has 1 aliphatic heterocycles. The fourth-order valence-corrected chi connectivity index (χ4v) is 3.89. The summed E-state index contributed by atoms with van der Waals surface area (Å²) < 4.78 is 11.4. The molecule has 1 aromatic rings. The molecule has 0 bridgehead atoms. The van der Waals surface area contributed by atoms with Gasteiger partial charge in [-0.15, -0.1) is 0 Å². The van der Waals surface area contributed by atoms with Crippen LogP contribution in [-0.4, -0.2) is 59.1 Å². The number of carbonyl (C=O) groups excluding carboxylic acids is 1. The van der Waals surface area contributed by atoms with Gasteiger partial charge in [0.15, 0.2) is 0 Å². The van der Waals surface area contributed by atoms with Crippen molar-refractivity contribution in [3.8, 4) is 5.75 Å². The lowest BCUT2D eigenvalue weighted by molar-refractivity contribution is 0.0122. The molecule has 1 saturated heterocycles. The Balaban J connectivity index is 1.71. The molecule has 6 nitrogen and oxygen atoms in total. The summed E-state index contributed by atoms with van der Waals surface area (Å²) in [5.41, 5.74) is -0.551. The number of carbonyl (C=O) groups is 1. The van der Waals surface area contributed by atoms with E-state index in [1.807, 2.05) is 51.1 Å². The maximum Gasteiger partial charge on any atom is 0.407 e. The highest BCUT2D eigenvalue weighted by atomic mass is 16.6. The minimum absolute atomic E-state index is 0.154. The first-order valence-corrected chi connectivity index (χ1v) is 9.47. The summed E-state index contributed by atoms with van der Waals surface area (Å²) in [6.45, 7) is 7.40. The predicted octanol–water partition coefficient (Wildman–Crippen LogP) is 2.56. The highest BCUT2D eigenvalue weighted by Gasteiger charge is 2.48. The zero-order valence-corrected chi connectivity index (χ0v) is 15.9. The molecule has 2 aliphatic rings. The molecule has 4 atom stereocenters. The minimum atomic E-state index is -0.659. The van der Waals surface area contributed by atoms with Crippen molar-refractivity contribution in [3.05, 3.63) is 30.3 Å². The highest BCUT2D eigenvalue weighted by molar-refractivity contribution is 5.68. The number of ether oxygens (including phenoxy) is 2. The second-order valence-electron chi connectivity index (χ2n) is 8.18. The summed E-state index contributed by atoms with van der Waals surface area (Å²) in [7, 11) is 0. The summed E-state index contributed by atoms with van der Waals surface area (Å²) in [6.07, 6.45) is 1.32. The van der Waals surface area contributed by atoms with Gasteiger partial charge >= 0.3 is 6.09 Å². The topological polar surface area (TPSA) is 71.0 Å². The molecule has 2 N–H and O–H groups in total. The number of amides is 1. The standard InChI is InChI=1S/C20H30N2O4/c1-20(2,3)26-19(24)21-15-13-16(25-14-9-5-4-6-10-14)18(23)17(15)22-11-7-8-12-22/h4-6,9-10,15-18,23H,7-8,11-13H2,1-3H3,(H,21,24)/t15-,16-,17+,18+/m0/s1. The Kier molecular flexibility index (Phi) is 5.73. The molecule has 1 heterocycles. The van der Waals surface area contributed by atoms with E-state index < -0.39 is 17.8 Å². The predicted molar refractivity (Wildman–Crippen MR) is 99.2 cm³/mol. The number of nitrogens with one attached hydrogen (secondary N) is 1. The highest BCUT2D eigenvalue weighted by Crippen LogP contribution is 2.31. The number of aliphatic hydroxyl groups is 1. The number of benzene rings is 1. The Labute approximate surface area is 155 Å². The average Bonchev–Trinajstić information content (AvgIpc) is 3.16. The molecule has 3 rings (SSSR count). The van der Waals surface area contributed by atoms with Gasteiger partial charge in [0.25, 0.3) is 0 Å². The molecule has 1 aromatic carbocycles. The molecular weight excluding hydrogens is 332 g/mol. The van der Waals surface area contributed by atoms with Gasteiger partial charge in [-0.1, -0.05) is 18.2 Å². The van der Waals surface area contributed by atoms with E-state index in [0.29, 0.717) is 6.42 Å². The molecule has 144 valence electrons. The van der Waals surface area contributed by atoms with E-state index >= 15 is 0 Å². The van der Waals surface area contributed by atoms with E-state index in [2.05, 4.69) is 10.2 Å². The number of nitrogens with zero attached hydrogens (tertiary/aromatic N) is 1. The molecule has 26 heavy (non-hydrogen) atoms. The number of hydrogen-bond donors (Lipinski definition) is 2. The average molecular weight is 362 g/mol. The monoisotopic (exact) mass is 362 g/mol. The van der Waals surface area contributed by atoms with E-state index in [-0.39, 0.29) is 18.2 Å². The lowest BCUT2D eigenvalue weighted by Crippen LogP contribution is -2.53. The van der Waals surface area contributed by atoms with Crippen molar-refractivity contribution in [1.29, 1.82) is 0 Å². The van der Waals surface area contributed by atoms with Gasteiger partial charge in [0.2, 0.25) is 0 Å².